The molecule has 0 aromatic heterocycles. The molecule has 0 heterocycles. The Labute approximate surface area is 98.4 Å². The molecular formula is C12H25NO3. The number of aliphatic hydroxyl groups is 1. The number of esters is 1. The van der Waals surface area contributed by atoms with Crippen LogP contribution in [0.5, 0.6) is 0 Å². The van der Waals surface area contributed by atoms with Crippen molar-refractivity contribution in [3.8, 4) is 0 Å². The third-order valence-electron chi connectivity index (χ3n) is 2.80. The zero-order valence-corrected chi connectivity index (χ0v) is 10.7. The van der Waals surface area contributed by atoms with Gasteiger partial charge in [-0.25, -0.2) is 0 Å². The van der Waals surface area contributed by atoms with E-state index < -0.39 is 5.60 Å². The first-order chi connectivity index (χ1) is 7.58. The van der Waals surface area contributed by atoms with Crippen molar-refractivity contribution in [3.05, 3.63) is 0 Å². The molecule has 16 heavy (non-hydrogen) atoms. The van der Waals surface area contributed by atoms with Crippen LogP contribution in [0.4, 0.5) is 0 Å². The van der Waals surface area contributed by atoms with Crippen LogP contribution in [0.1, 0.15) is 46.5 Å². The van der Waals surface area contributed by atoms with Crippen molar-refractivity contribution in [2.75, 3.05) is 19.7 Å². The largest absolute Gasteiger partial charge is 0.465 e. The Kier molecular flexibility index (Phi) is 8.21. The molecule has 0 aliphatic rings. The molecule has 0 radical (unpaired) electrons. The highest BCUT2D eigenvalue weighted by Gasteiger charge is 2.21. The molecule has 2 N–H and O–H groups in total. The van der Waals surface area contributed by atoms with Gasteiger partial charge in [0.05, 0.1) is 18.8 Å². The van der Waals surface area contributed by atoms with E-state index in [1.165, 1.54) is 0 Å². The number of hydrogen-bond acceptors (Lipinski definition) is 4. The Balaban J connectivity index is 3.60. The molecule has 0 saturated heterocycles. The zero-order valence-electron chi connectivity index (χ0n) is 10.7. The van der Waals surface area contributed by atoms with Crippen molar-refractivity contribution in [1.29, 1.82) is 0 Å². The molecule has 0 aliphatic heterocycles. The van der Waals surface area contributed by atoms with Gasteiger partial charge in [0.1, 0.15) is 0 Å². The van der Waals surface area contributed by atoms with Crippen LogP contribution >= 0.6 is 0 Å². The Bertz CT molecular complexity index is 191. The second-order valence-electron chi connectivity index (χ2n) is 4.11. The number of unbranched alkanes of at least 4 members (excludes halogenated alkanes) is 1. The second-order valence-corrected chi connectivity index (χ2v) is 4.11. The standard InChI is InChI=1S/C12H25NO3/c1-4-7-8-16-11(14)9-13-10-12(15,5-2)6-3/h13,15H,4-10H2,1-3H3. The highest BCUT2D eigenvalue weighted by molar-refractivity contribution is 5.71. The third-order valence-corrected chi connectivity index (χ3v) is 2.80. The van der Waals surface area contributed by atoms with Gasteiger partial charge in [0.15, 0.2) is 0 Å². The van der Waals surface area contributed by atoms with Gasteiger partial charge in [-0.3, -0.25) is 4.79 Å². The molecule has 0 unspecified atom stereocenters. The molecule has 4 heteroatoms. The van der Waals surface area contributed by atoms with Crippen LogP contribution in [0.2, 0.25) is 0 Å². The first-order valence-corrected chi connectivity index (χ1v) is 6.16. The highest BCUT2D eigenvalue weighted by atomic mass is 16.5. The minimum atomic E-state index is -0.705. The number of ether oxygens (including phenoxy) is 1. The monoisotopic (exact) mass is 231 g/mol. The Hall–Kier alpha value is -0.610. The van der Waals surface area contributed by atoms with Gasteiger partial charge >= 0.3 is 5.97 Å². The van der Waals surface area contributed by atoms with E-state index in [4.69, 9.17) is 4.74 Å². The van der Waals surface area contributed by atoms with Gasteiger partial charge in [-0.1, -0.05) is 27.2 Å². The predicted molar refractivity (Wildman–Crippen MR) is 64.3 cm³/mol. The van der Waals surface area contributed by atoms with E-state index in [1.807, 2.05) is 13.8 Å². The second kappa shape index (κ2) is 8.53. The maximum atomic E-state index is 11.2. The van der Waals surface area contributed by atoms with Crippen LogP contribution < -0.4 is 5.32 Å². The van der Waals surface area contributed by atoms with Gasteiger partial charge in [-0.2, -0.15) is 0 Å². The van der Waals surface area contributed by atoms with E-state index in [1.54, 1.807) is 0 Å². The Morgan fingerprint density at radius 3 is 2.44 bits per heavy atom. The lowest BCUT2D eigenvalue weighted by atomic mass is 9.98. The lowest BCUT2D eigenvalue weighted by Gasteiger charge is -2.25. The predicted octanol–water partition coefficient (Wildman–Crippen LogP) is 1.47. The molecule has 0 bridgehead atoms. The van der Waals surface area contributed by atoms with E-state index in [0.717, 1.165) is 12.8 Å². The van der Waals surface area contributed by atoms with Crippen molar-refractivity contribution in [3.63, 3.8) is 0 Å². The minimum Gasteiger partial charge on any atom is -0.465 e. The molecule has 0 atom stereocenters. The number of hydrogen-bond donors (Lipinski definition) is 2. The summed E-state index contributed by atoms with van der Waals surface area (Å²) in [6.07, 6.45) is 3.29. The van der Waals surface area contributed by atoms with Crippen LogP contribution in [-0.2, 0) is 9.53 Å². The molecule has 0 aromatic rings. The summed E-state index contributed by atoms with van der Waals surface area (Å²) in [5.41, 5.74) is -0.705. The lowest BCUT2D eigenvalue weighted by Crippen LogP contribution is -2.41. The summed E-state index contributed by atoms with van der Waals surface area (Å²) >= 11 is 0. The SMILES string of the molecule is CCCCOC(=O)CNCC(O)(CC)CC. The summed E-state index contributed by atoms with van der Waals surface area (Å²) < 4.78 is 4.98. The minimum absolute atomic E-state index is 0.173. The number of nitrogens with one attached hydrogen (secondary N) is 1. The molecule has 0 rings (SSSR count). The average molecular weight is 231 g/mol. The van der Waals surface area contributed by atoms with E-state index in [2.05, 4.69) is 12.2 Å². The quantitative estimate of drug-likeness (QED) is 0.466. The van der Waals surface area contributed by atoms with Gasteiger partial charge in [0, 0.05) is 6.54 Å². The summed E-state index contributed by atoms with van der Waals surface area (Å²) in [5, 5.41) is 12.9. The molecule has 0 saturated carbocycles. The van der Waals surface area contributed by atoms with Crippen molar-refractivity contribution < 1.29 is 14.6 Å². The van der Waals surface area contributed by atoms with Gasteiger partial charge in [0.2, 0.25) is 0 Å². The maximum Gasteiger partial charge on any atom is 0.319 e. The van der Waals surface area contributed by atoms with Crippen molar-refractivity contribution in [2.24, 2.45) is 0 Å². The summed E-state index contributed by atoms with van der Waals surface area (Å²) in [7, 11) is 0. The average Bonchev–Trinajstić information content (AvgIpc) is 2.29. The summed E-state index contributed by atoms with van der Waals surface area (Å²) in [6.45, 7) is 7.02. The molecule has 0 aliphatic carbocycles. The van der Waals surface area contributed by atoms with Gasteiger partial charge in [0.25, 0.3) is 0 Å². The van der Waals surface area contributed by atoms with Crippen molar-refractivity contribution >= 4 is 5.97 Å². The molecule has 0 amide bonds. The fraction of sp³-hybridized carbons (Fsp3) is 0.917. The van der Waals surface area contributed by atoms with E-state index in [0.29, 0.717) is 26.0 Å². The van der Waals surface area contributed by atoms with Crippen LogP contribution in [0.15, 0.2) is 0 Å². The molecule has 96 valence electrons. The fourth-order valence-corrected chi connectivity index (χ4v) is 1.28. The lowest BCUT2D eigenvalue weighted by molar-refractivity contribution is -0.142. The van der Waals surface area contributed by atoms with E-state index >= 15 is 0 Å². The molecule has 0 aromatic carbocycles. The molecule has 0 spiro atoms. The van der Waals surface area contributed by atoms with Crippen LogP contribution in [0, 0.1) is 0 Å². The zero-order chi connectivity index (χ0) is 12.4. The third kappa shape index (κ3) is 6.80. The van der Waals surface area contributed by atoms with Gasteiger partial charge in [-0.05, 0) is 19.3 Å². The topological polar surface area (TPSA) is 58.6 Å². The number of carbonyl (C=O) groups excluding carboxylic acids is 1. The highest BCUT2D eigenvalue weighted by Crippen LogP contribution is 2.12. The molecule has 0 fully saturated rings. The summed E-state index contributed by atoms with van der Waals surface area (Å²) in [5.74, 6) is -0.247. The van der Waals surface area contributed by atoms with Gasteiger partial charge < -0.3 is 15.2 Å². The van der Waals surface area contributed by atoms with Crippen molar-refractivity contribution in [1.82, 2.24) is 5.32 Å². The van der Waals surface area contributed by atoms with Crippen LogP contribution in [0.3, 0.4) is 0 Å². The number of carbonyl (C=O) groups is 1. The van der Waals surface area contributed by atoms with Crippen LogP contribution in [0.25, 0.3) is 0 Å². The smallest absolute Gasteiger partial charge is 0.319 e. The molecule has 4 nitrogen and oxygen atoms in total. The van der Waals surface area contributed by atoms with Gasteiger partial charge in [-0.15, -0.1) is 0 Å². The van der Waals surface area contributed by atoms with E-state index in [-0.39, 0.29) is 12.5 Å². The first kappa shape index (κ1) is 15.4. The summed E-state index contributed by atoms with van der Waals surface area (Å²) in [4.78, 5) is 11.2. The summed E-state index contributed by atoms with van der Waals surface area (Å²) in [6, 6.07) is 0. The van der Waals surface area contributed by atoms with Crippen LogP contribution in [-0.4, -0.2) is 36.4 Å². The molecular weight excluding hydrogens is 206 g/mol. The number of rotatable bonds is 9. The van der Waals surface area contributed by atoms with Crippen molar-refractivity contribution in [2.45, 2.75) is 52.1 Å². The van der Waals surface area contributed by atoms with E-state index in [9.17, 15) is 9.90 Å². The first-order valence-electron chi connectivity index (χ1n) is 6.16. The normalized spacial score (nSPS) is 11.5. The maximum absolute atomic E-state index is 11.2. The Morgan fingerprint density at radius 2 is 1.94 bits per heavy atom. The fourth-order valence-electron chi connectivity index (χ4n) is 1.28. The Morgan fingerprint density at radius 1 is 1.31 bits per heavy atom.